The quantitative estimate of drug-likeness (QED) is 0.150. The van der Waals surface area contributed by atoms with Crippen molar-refractivity contribution in [2.45, 2.75) is 12.4 Å². The first-order chi connectivity index (χ1) is 20.5. The smallest absolute Gasteiger partial charge is 0.431 e. The normalized spacial score (nSPS) is 11.5. The van der Waals surface area contributed by atoms with Crippen LogP contribution in [0.3, 0.4) is 0 Å². The Labute approximate surface area is 253 Å². The van der Waals surface area contributed by atoms with E-state index in [4.69, 9.17) is 5.26 Å². The molecular formula is C30H19BrF6N4O3. The molecule has 0 fully saturated rings. The number of hydrogen-bond acceptors (Lipinski definition) is 5. The standard InChI is InChI=1S/C19H13F3N2O3.C11H6BrF3N2/c1-24-16(19(20,21)22)8-12-5-10(9-23)6-14(17(12)24)11-3-4-13(15(25)7-11)18(26)27-2;1-17-9(11(13,14)15)4-7-2-6(5-16)3-8(12)10(7)17/h3-8,25H,1-2H3;2-4H,1H3. The highest BCUT2D eigenvalue weighted by molar-refractivity contribution is 9.10. The fraction of sp³-hybridized carbons (Fsp3) is 0.167. The average Bonchev–Trinajstić information content (AvgIpc) is 3.49. The third-order valence-corrected chi connectivity index (χ3v) is 7.37. The number of fused-ring (bicyclic) bond motifs is 2. The molecule has 0 unspecified atom stereocenters. The first-order valence-electron chi connectivity index (χ1n) is 12.3. The molecule has 0 radical (unpaired) electrons. The zero-order chi connectivity index (χ0) is 32.7. The number of methoxy groups -OCH3 is 1. The summed E-state index contributed by atoms with van der Waals surface area (Å²) in [5.41, 5.74) is 0.204. The molecule has 5 rings (SSSR count). The van der Waals surface area contributed by atoms with Crippen LogP contribution < -0.4 is 0 Å². The molecule has 0 aliphatic carbocycles. The second-order valence-corrected chi connectivity index (χ2v) is 10.3. The Bertz CT molecular complexity index is 2030. The maximum atomic E-state index is 13.3. The summed E-state index contributed by atoms with van der Waals surface area (Å²) in [6.07, 6.45) is -8.96. The molecule has 44 heavy (non-hydrogen) atoms. The van der Waals surface area contributed by atoms with Gasteiger partial charge >= 0.3 is 18.3 Å². The van der Waals surface area contributed by atoms with Crippen LogP contribution in [0.15, 0.2) is 59.1 Å². The molecule has 0 aliphatic heterocycles. The van der Waals surface area contributed by atoms with Gasteiger partial charge in [-0.3, -0.25) is 0 Å². The molecule has 2 aromatic heterocycles. The van der Waals surface area contributed by atoms with Crippen molar-refractivity contribution in [2.24, 2.45) is 14.1 Å². The lowest BCUT2D eigenvalue weighted by Gasteiger charge is -2.12. The number of rotatable bonds is 2. The Balaban J connectivity index is 0.000000223. The van der Waals surface area contributed by atoms with Gasteiger partial charge in [-0.25, -0.2) is 4.79 Å². The fourth-order valence-corrected chi connectivity index (χ4v) is 5.57. The van der Waals surface area contributed by atoms with Crippen molar-refractivity contribution in [1.29, 1.82) is 10.5 Å². The molecule has 14 heteroatoms. The van der Waals surface area contributed by atoms with Gasteiger partial charge in [-0.15, -0.1) is 0 Å². The number of aromatic nitrogens is 2. The van der Waals surface area contributed by atoms with E-state index in [1.54, 1.807) is 0 Å². The molecule has 0 amide bonds. The number of ether oxygens (including phenoxy) is 1. The molecule has 5 aromatic rings. The molecule has 0 atom stereocenters. The fourth-order valence-electron chi connectivity index (χ4n) is 4.83. The number of alkyl halides is 6. The predicted molar refractivity (Wildman–Crippen MR) is 151 cm³/mol. The highest BCUT2D eigenvalue weighted by atomic mass is 79.9. The van der Waals surface area contributed by atoms with Crippen molar-refractivity contribution < 1.29 is 41.0 Å². The summed E-state index contributed by atoms with van der Waals surface area (Å²) in [5.74, 6) is -1.12. The predicted octanol–water partition coefficient (Wildman–Crippen LogP) is 8.06. The number of phenolic OH excluding ortho intramolecular Hbond substituents is 1. The van der Waals surface area contributed by atoms with Crippen molar-refractivity contribution in [1.82, 2.24) is 9.13 Å². The van der Waals surface area contributed by atoms with Crippen LogP contribution in [0.2, 0.25) is 0 Å². The number of nitrogens with zero attached hydrogens (tertiary/aromatic N) is 4. The van der Waals surface area contributed by atoms with Crippen molar-refractivity contribution in [3.8, 4) is 29.0 Å². The van der Waals surface area contributed by atoms with Crippen LogP contribution in [-0.4, -0.2) is 27.3 Å². The van der Waals surface area contributed by atoms with Crippen LogP contribution in [0.1, 0.15) is 32.9 Å². The Morgan fingerprint density at radius 1 is 0.818 bits per heavy atom. The number of carbonyl (C=O) groups excluding carboxylic acids is 1. The van der Waals surface area contributed by atoms with Crippen LogP contribution in [0, 0.1) is 22.7 Å². The number of nitriles is 2. The van der Waals surface area contributed by atoms with E-state index in [1.807, 2.05) is 12.1 Å². The van der Waals surface area contributed by atoms with Gasteiger partial charge in [-0.1, -0.05) is 6.07 Å². The highest BCUT2D eigenvalue weighted by Gasteiger charge is 2.36. The monoisotopic (exact) mass is 676 g/mol. The van der Waals surface area contributed by atoms with Crippen LogP contribution >= 0.6 is 15.9 Å². The lowest BCUT2D eigenvalue weighted by atomic mass is 9.98. The van der Waals surface area contributed by atoms with E-state index < -0.39 is 29.7 Å². The topological polar surface area (TPSA) is 104 Å². The number of esters is 1. The third kappa shape index (κ3) is 5.94. The molecule has 0 bridgehead atoms. The number of hydrogen-bond donors (Lipinski definition) is 1. The second kappa shape index (κ2) is 11.6. The molecule has 7 nitrogen and oxygen atoms in total. The van der Waals surface area contributed by atoms with Gasteiger partial charge in [-0.2, -0.15) is 36.9 Å². The summed E-state index contributed by atoms with van der Waals surface area (Å²) < 4.78 is 85.0. The Kier molecular flexibility index (Phi) is 8.44. The summed E-state index contributed by atoms with van der Waals surface area (Å²) in [6, 6.07) is 15.6. The molecule has 226 valence electrons. The molecule has 0 saturated heterocycles. The zero-order valence-corrected chi connectivity index (χ0v) is 24.5. The van der Waals surface area contributed by atoms with Crippen molar-refractivity contribution in [2.75, 3.05) is 7.11 Å². The van der Waals surface area contributed by atoms with Gasteiger partial charge in [0.2, 0.25) is 0 Å². The van der Waals surface area contributed by atoms with Gasteiger partial charge < -0.3 is 19.0 Å². The van der Waals surface area contributed by atoms with Gasteiger partial charge in [0.15, 0.2) is 0 Å². The van der Waals surface area contributed by atoms with E-state index in [1.165, 1.54) is 56.6 Å². The SMILES string of the molecule is COC(=O)c1ccc(-c2cc(C#N)cc3cc(C(F)(F)F)n(C)c23)cc1O.Cn1c(C(F)(F)F)cc2cc(C#N)cc(Br)c21. The van der Waals surface area contributed by atoms with Gasteiger partial charge in [0.05, 0.1) is 41.4 Å². The summed E-state index contributed by atoms with van der Waals surface area (Å²) in [5, 5.41) is 28.7. The Hall–Kier alpha value is -4.95. The molecule has 1 N–H and O–H groups in total. The average molecular weight is 677 g/mol. The first-order valence-corrected chi connectivity index (χ1v) is 13.1. The van der Waals surface area contributed by atoms with E-state index in [-0.39, 0.29) is 27.8 Å². The number of aromatic hydroxyl groups is 1. The number of phenols is 1. The van der Waals surface area contributed by atoms with Crippen LogP contribution in [0.5, 0.6) is 5.75 Å². The first kappa shape index (κ1) is 32.0. The van der Waals surface area contributed by atoms with Gasteiger partial charge in [-0.05, 0) is 70.0 Å². The van der Waals surface area contributed by atoms with E-state index in [2.05, 4.69) is 20.7 Å². The number of carbonyl (C=O) groups is 1. The minimum Gasteiger partial charge on any atom is -0.507 e. The Morgan fingerprint density at radius 2 is 1.32 bits per heavy atom. The maximum Gasteiger partial charge on any atom is 0.431 e. The summed E-state index contributed by atoms with van der Waals surface area (Å²) in [6.45, 7) is 0. The molecule has 3 aromatic carbocycles. The lowest BCUT2D eigenvalue weighted by molar-refractivity contribution is -0.143. The van der Waals surface area contributed by atoms with E-state index in [0.29, 0.717) is 32.1 Å². The highest BCUT2D eigenvalue weighted by Crippen LogP contribution is 2.39. The summed E-state index contributed by atoms with van der Waals surface area (Å²) in [7, 11) is 3.80. The van der Waals surface area contributed by atoms with Crippen LogP contribution in [-0.2, 0) is 31.2 Å². The second-order valence-electron chi connectivity index (χ2n) is 9.48. The van der Waals surface area contributed by atoms with Crippen molar-refractivity contribution >= 4 is 43.7 Å². The van der Waals surface area contributed by atoms with E-state index in [0.717, 1.165) is 28.4 Å². The lowest BCUT2D eigenvalue weighted by Crippen LogP contribution is -2.10. The summed E-state index contributed by atoms with van der Waals surface area (Å²) in [4.78, 5) is 11.6. The largest absolute Gasteiger partial charge is 0.507 e. The minimum absolute atomic E-state index is 0.0724. The third-order valence-electron chi connectivity index (χ3n) is 6.76. The number of benzene rings is 3. The van der Waals surface area contributed by atoms with Gasteiger partial charge in [0.25, 0.3) is 0 Å². The van der Waals surface area contributed by atoms with E-state index in [9.17, 15) is 41.5 Å². The number of halogens is 7. The Morgan fingerprint density at radius 3 is 1.80 bits per heavy atom. The summed E-state index contributed by atoms with van der Waals surface area (Å²) >= 11 is 3.18. The molecular weight excluding hydrogens is 658 g/mol. The molecule has 0 saturated carbocycles. The van der Waals surface area contributed by atoms with Crippen molar-refractivity contribution in [3.63, 3.8) is 0 Å². The molecule has 0 aliphatic rings. The van der Waals surface area contributed by atoms with E-state index >= 15 is 0 Å². The van der Waals surface area contributed by atoms with Crippen molar-refractivity contribution in [3.05, 3.63) is 87.1 Å². The minimum atomic E-state index is -4.56. The molecule has 2 heterocycles. The van der Waals surface area contributed by atoms with Crippen LogP contribution in [0.4, 0.5) is 26.3 Å². The molecule has 0 spiro atoms. The number of aryl methyl sites for hydroxylation is 2. The zero-order valence-electron chi connectivity index (χ0n) is 22.9. The van der Waals surface area contributed by atoms with Gasteiger partial charge in [0, 0.05) is 34.9 Å². The maximum absolute atomic E-state index is 13.3. The van der Waals surface area contributed by atoms with Crippen LogP contribution in [0.25, 0.3) is 32.9 Å². The van der Waals surface area contributed by atoms with Gasteiger partial charge in [0.1, 0.15) is 22.7 Å².